The third-order valence-electron chi connectivity index (χ3n) is 2.60. The number of aryl methyl sites for hydroxylation is 1. The molecule has 1 N–H and O–H groups in total. The zero-order valence-corrected chi connectivity index (χ0v) is 10.4. The van der Waals surface area contributed by atoms with Gasteiger partial charge in [-0.25, -0.2) is 4.39 Å². The minimum atomic E-state index is -0.199. The molecule has 0 aliphatic heterocycles. The Balaban J connectivity index is 2.39. The minimum Gasteiger partial charge on any atom is -0.394 e. The Labute approximate surface area is 102 Å². The van der Waals surface area contributed by atoms with Gasteiger partial charge >= 0.3 is 0 Å². The predicted octanol–water partition coefficient (Wildman–Crippen LogP) is 1.57. The summed E-state index contributed by atoms with van der Waals surface area (Å²) >= 11 is 0. The molecule has 0 atom stereocenters. The molecule has 1 aromatic carbocycles. The lowest BCUT2D eigenvalue weighted by Crippen LogP contribution is -2.23. The van der Waals surface area contributed by atoms with Gasteiger partial charge in [0.05, 0.1) is 19.8 Å². The highest BCUT2D eigenvalue weighted by atomic mass is 19.1. The molecule has 0 aliphatic carbocycles. The van der Waals surface area contributed by atoms with Crippen LogP contribution in [0.25, 0.3) is 0 Å². The smallest absolute Gasteiger partial charge is 0.123 e. The molecule has 1 rings (SSSR count). The molecule has 0 fully saturated rings. The lowest BCUT2D eigenvalue weighted by Gasteiger charge is -2.18. The average molecular weight is 241 g/mol. The van der Waals surface area contributed by atoms with Crippen LogP contribution >= 0.6 is 0 Å². The fourth-order valence-corrected chi connectivity index (χ4v) is 1.57. The van der Waals surface area contributed by atoms with E-state index in [1.807, 2.05) is 14.0 Å². The molecule has 0 saturated carbocycles. The summed E-state index contributed by atoms with van der Waals surface area (Å²) in [6.07, 6.45) is 0. The second-order valence-corrected chi connectivity index (χ2v) is 4.14. The third kappa shape index (κ3) is 5.26. The van der Waals surface area contributed by atoms with Gasteiger partial charge in [0.15, 0.2) is 0 Å². The van der Waals surface area contributed by atoms with E-state index >= 15 is 0 Å². The normalized spacial score (nSPS) is 11.1. The summed E-state index contributed by atoms with van der Waals surface area (Å²) in [5, 5.41) is 8.55. The standard InChI is InChI=1S/C13H20FNO2/c1-11-3-4-13(14)9-12(11)10-15(2)5-7-17-8-6-16/h3-4,9,16H,5-8,10H2,1-2H3. The molecule has 0 unspecified atom stereocenters. The van der Waals surface area contributed by atoms with Crippen LogP contribution in [0, 0.1) is 12.7 Å². The Morgan fingerprint density at radius 1 is 1.35 bits per heavy atom. The van der Waals surface area contributed by atoms with Crippen molar-refractivity contribution in [1.82, 2.24) is 4.90 Å². The lowest BCUT2D eigenvalue weighted by atomic mass is 10.1. The van der Waals surface area contributed by atoms with Crippen LogP contribution in [0.5, 0.6) is 0 Å². The zero-order valence-electron chi connectivity index (χ0n) is 10.4. The van der Waals surface area contributed by atoms with Gasteiger partial charge in [-0.1, -0.05) is 6.07 Å². The van der Waals surface area contributed by atoms with Crippen LogP contribution in [0.4, 0.5) is 4.39 Å². The SMILES string of the molecule is Cc1ccc(F)cc1CN(C)CCOCCO. The minimum absolute atomic E-state index is 0.0483. The maximum Gasteiger partial charge on any atom is 0.123 e. The van der Waals surface area contributed by atoms with Crippen molar-refractivity contribution in [3.8, 4) is 0 Å². The Morgan fingerprint density at radius 2 is 2.12 bits per heavy atom. The van der Waals surface area contributed by atoms with Crippen LogP contribution < -0.4 is 0 Å². The third-order valence-corrected chi connectivity index (χ3v) is 2.60. The van der Waals surface area contributed by atoms with E-state index in [-0.39, 0.29) is 12.4 Å². The summed E-state index contributed by atoms with van der Waals surface area (Å²) in [4.78, 5) is 2.07. The van der Waals surface area contributed by atoms with Gasteiger partial charge in [-0.3, -0.25) is 4.90 Å². The van der Waals surface area contributed by atoms with E-state index in [9.17, 15) is 4.39 Å². The number of hydrogen-bond acceptors (Lipinski definition) is 3. The first-order valence-corrected chi connectivity index (χ1v) is 5.75. The van der Waals surface area contributed by atoms with Gasteiger partial charge in [0.1, 0.15) is 5.82 Å². The largest absolute Gasteiger partial charge is 0.394 e. The van der Waals surface area contributed by atoms with Gasteiger partial charge < -0.3 is 9.84 Å². The number of nitrogens with zero attached hydrogens (tertiary/aromatic N) is 1. The highest BCUT2D eigenvalue weighted by molar-refractivity contribution is 5.26. The number of aliphatic hydroxyl groups excluding tert-OH is 1. The second-order valence-electron chi connectivity index (χ2n) is 4.14. The highest BCUT2D eigenvalue weighted by Crippen LogP contribution is 2.12. The molecule has 0 amide bonds. The number of benzene rings is 1. The van der Waals surface area contributed by atoms with Gasteiger partial charge in [0, 0.05) is 13.1 Å². The molecule has 0 aromatic heterocycles. The molecule has 0 spiro atoms. The van der Waals surface area contributed by atoms with Gasteiger partial charge in [-0.2, -0.15) is 0 Å². The molecule has 0 radical (unpaired) electrons. The summed E-state index contributed by atoms with van der Waals surface area (Å²) in [5.41, 5.74) is 2.09. The average Bonchev–Trinajstić information content (AvgIpc) is 2.29. The van der Waals surface area contributed by atoms with Gasteiger partial charge in [-0.15, -0.1) is 0 Å². The molecular formula is C13H20FNO2. The summed E-state index contributed by atoms with van der Waals surface area (Å²) < 4.78 is 18.3. The summed E-state index contributed by atoms with van der Waals surface area (Å²) in [7, 11) is 1.96. The number of rotatable bonds is 7. The molecule has 17 heavy (non-hydrogen) atoms. The zero-order chi connectivity index (χ0) is 12.7. The van der Waals surface area contributed by atoms with Crippen LogP contribution in [-0.4, -0.2) is 43.4 Å². The molecular weight excluding hydrogens is 221 g/mol. The van der Waals surface area contributed by atoms with Crippen molar-refractivity contribution in [2.24, 2.45) is 0 Å². The Morgan fingerprint density at radius 3 is 2.82 bits per heavy atom. The molecule has 96 valence electrons. The van der Waals surface area contributed by atoms with E-state index in [0.29, 0.717) is 19.8 Å². The molecule has 4 heteroatoms. The maximum atomic E-state index is 13.1. The first-order valence-electron chi connectivity index (χ1n) is 5.75. The van der Waals surface area contributed by atoms with Crippen LogP contribution in [0.1, 0.15) is 11.1 Å². The fourth-order valence-electron chi connectivity index (χ4n) is 1.57. The van der Waals surface area contributed by atoms with Gasteiger partial charge in [0.2, 0.25) is 0 Å². The van der Waals surface area contributed by atoms with Crippen molar-refractivity contribution in [3.05, 3.63) is 35.1 Å². The topological polar surface area (TPSA) is 32.7 Å². The fraction of sp³-hybridized carbons (Fsp3) is 0.538. The molecule has 3 nitrogen and oxygen atoms in total. The molecule has 0 saturated heterocycles. The van der Waals surface area contributed by atoms with E-state index in [1.165, 1.54) is 6.07 Å². The first kappa shape index (κ1) is 14.1. The molecule has 0 heterocycles. The first-order chi connectivity index (χ1) is 8.13. The number of halogens is 1. The summed E-state index contributed by atoms with van der Waals surface area (Å²) in [5.74, 6) is -0.199. The predicted molar refractivity (Wildman–Crippen MR) is 65.4 cm³/mol. The second kappa shape index (κ2) is 7.37. The van der Waals surface area contributed by atoms with E-state index in [1.54, 1.807) is 12.1 Å². The number of hydrogen-bond donors (Lipinski definition) is 1. The van der Waals surface area contributed by atoms with Crippen molar-refractivity contribution in [1.29, 1.82) is 0 Å². The van der Waals surface area contributed by atoms with Crippen molar-refractivity contribution < 1.29 is 14.2 Å². The molecule has 0 aliphatic rings. The Kier molecular flexibility index (Phi) is 6.11. The maximum absolute atomic E-state index is 13.1. The van der Waals surface area contributed by atoms with E-state index in [2.05, 4.69) is 4.90 Å². The highest BCUT2D eigenvalue weighted by Gasteiger charge is 2.04. The van der Waals surface area contributed by atoms with Crippen LogP contribution in [0.2, 0.25) is 0 Å². The van der Waals surface area contributed by atoms with Crippen molar-refractivity contribution >= 4 is 0 Å². The molecule has 0 bridgehead atoms. The van der Waals surface area contributed by atoms with Crippen LogP contribution in [0.3, 0.4) is 0 Å². The van der Waals surface area contributed by atoms with Crippen LogP contribution in [0.15, 0.2) is 18.2 Å². The summed E-state index contributed by atoms with van der Waals surface area (Å²) in [6, 6.07) is 4.84. The van der Waals surface area contributed by atoms with Crippen molar-refractivity contribution in [3.63, 3.8) is 0 Å². The number of aliphatic hydroxyl groups is 1. The quantitative estimate of drug-likeness (QED) is 0.736. The Bertz CT molecular complexity index is 344. The van der Waals surface area contributed by atoms with E-state index < -0.39 is 0 Å². The van der Waals surface area contributed by atoms with Gasteiger partial charge in [-0.05, 0) is 37.2 Å². The van der Waals surface area contributed by atoms with Gasteiger partial charge in [0.25, 0.3) is 0 Å². The monoisotopic (exact) mass is 241 g/mol. The number of ether oxygens (including phenoxy) is 1. The van der Waals surface area contributed by atoms with E-state index in [0.717, 1.165) is 17.7 Å². The summed E-state index contributed by atoms with van der Waals surface area (Å²) in [6.45, 7) is 4.43. The Hall–Kier alpha value is -0.970. The lowest BCUT2D eigenvalue weighted by molar-refractivity contribution is 0.0772. The van der Waals surface area contributed by atoms with E-state index in [4.69, 9.17) is 9.84 Å². The molecule has 1 aromatic rings. The van der Waals surface area contributed by atoms with Crippen LogP contribution in [-0.2, 0) is 11.3 Å². The number of likely N-dealkylation sites (N-methyl/N-ethyl adjacent to an activating group) is 1. The van der Waals surface area contributed by atoms with Crippen molar-refractivity contribution in [2.45, 2.75) is 13.5 Å². The van der Waals surface area contributed by atoms with Crippen molar-refractivity contribution in [2.75, 3.05) is 33.4 Å².